The number of rotatable bonds is 4. The molecule has 6 heteroatoms. The lowest BCUT2D eigenvalue weighted by Gasteiger charge is -2.02. The summed E-state index contributed by atoms with van der Waals surface area (Å²) in [6.07, 6.45) is 0. The molecule has 0 aliphatic rings. The first-order chi connectivity index (χ1) is 6.52. The molecule has 2 N–H and O–H groups in total. The van der Waals surface area contributed by atoms with E-state index in [1.165, 1.54) is 12.1 Å². The number of nitrogens with two attached hydrogens (primary N) is 1. The van der Waals surface area contributed by atoms with Crippen LogP contribution in [0.1, 0.15) is 0 Å². The Balaban J connectivity index is 2.82. The van der Waals surface area contributed by atoms with E-state index in [0.717, 1.165) is 0 Å². The third-order valence-electron chi connectivity index (χ3n) is 1.39. The predicted octanol–water partition coefficient (Wildman–Crippen LogP) is -0.123. The summed E-state index contributed by atoms with van der Waals surface area (Å²) < 4.78 is 27.0. The molecule has 0 fully saturated rings. The van der Waals surface area contributed by atoms with E-state index in [0.29, 0.717) is 0 Å². The highest BCUT2D eigenvalue weighted by Gasteiger charge is 2.15. The summed E-state index contributed by atoms with van der Waals surface area (Å²) >= 11 is 0. The summed E-state index contributed by atoms with van der Waals surface area (Å²) in [5.41, 5.74) is 4.75. The van der Waals surface area contributed by atoms with Gasteiger partial charge in [-0.05, 0) is 12.1 Å². The van der Waals surface area contributed by atoms with Crippen molar-refractivity contribution in [3.05, 3.63) is 30.3 Å². The first kappa shape index (κ1) is 10.7. The minimum atomic E-state index is -3.86. The van der Waals surface area contributed by atoms with Gasteiger partial charge in [-0.2, -0.15) is 8.42 Å². The highest BCUT2D eigenvalue weighted by atomic mass is 32.2. The Morgan fingerprint density at radius 3 is 2.36 bits per heavy atom. The van der Waals surface area contributed by atoms with Crippen LogP contribution in [0.2, 0.25) is 0 Å². The molecule has 5 nitrogen and oxygen atoms in total. The van der Waals surface area contributed by atoms with E-state index in [1.807, 2.05) is 0 Å². The summed E-state index contributed by atoms with van der Waals surface area (Å²) in [7, 11) is -3.86. The molecule has 1 amide bonds. The van der Waals surface area contributed by atoms with Gasteiger partial charge in [0.15, 0.2) is 0 Å². The smallest absolute Gasteiger partial charge is 0.297 e. The van der Waals surface area contributed by atoms with Crippen molar-refractivity contribution in [2.75, 3.05) is 6.61 Å². The monoisotopic (exact) mass is 215 g/mol. The Bertz CT molecular complexity index is 412. The van der Waals surface area contributed by atoms with E-state index in [2.05, 4.69) is 4.18 Å². The van der Waals surface area contributed by atoms with Crippen molar-refractivity contribution >= 4 is 16.0 Å². The maximum Gasteiger partial charge on any atom is 0.297 e. The Labute approximate surface area is 81.6 Å². The van der Waals surface area contributed by atoms with Crippen LogP contribution in [0, 0.1) is 0 Å². The molecule has 0 aliphatic heterocycles. The van der Waals surface area contributed by atoms with Crippen LogP contribution in [-0.2, 0) is 19.1 Å². The van der Waals surface area contributed by atoms with E-state index in [9.17, 15) is 13.2 Å². The number of hydrogen-bond acceptors (Lipinski definition) is 4. The van der Waals surface area contributed by atoms with Gasteiger partial charge in [0.2, 0.25) is 5.91 Å². The molecule has 1 aromatic carbocycles. The van der Waals surface area contributed by atoms with Crippen LogP contribution >= 0.6 is 0 Å². The highest BCUT2D eigenvalue weighted by Crippen LogP contribution is 2.10. The lowest BCUT2D eigenvalue weighted by atomic mass is 10.4. The fourth-order valence-electron chi connectivity index (χ4n) is 0.791. The largest absolute Gasteiger partial charge is 0.368 e. The average Bonchev–Trinajstić information content (AvgIpc) is 2.16. The normalized spacial score (nSPS) is 11.1. The third kappa shape index (κ3) is 2.82. The minimum Gasteiger partial charge on any atom is -0.368 e. The first-order valence-electron chi connectivity index (χ1n) is 3.75. The molecule has 1 aromatic rings. The molecule has 0 aromatic heterocycles. The van der Waals surface area contributed by atoms with E-state index in [-0.39, 0.29) is 4.90 Å². The highest BCUT2D eigenvalue weighted by molar-refractivity contribution is 7.86. The SMILES string of the molecule is NC(=O)COS(=O)(=O)c1ccccc1. The number of primary amides is 1. The van der Waals surface area contributed by atoms with Crippen LogP contribution < -0.4 is 5.73 Å². The lowest BCUT2D eigenvalue weighted by Crippen LogP contribution is -2.21. The van der Waals surface area contributed by atoms with Gasteiger partial charge in [-0.1, -0.05) is 18.2 Å². The molecule has 0 unspecified atom stereocenters. The molecule has 0 spiro atoms. The summed E-state index contributed by atoms with van der Waals surface area (Å²) in [5.74, 6) is -0.829. The molecule has 1 rings (SSSR count). The Morgan fingerprint density at radius 1 is 1.29 bits per heavy atom. The Kier molecular flexibility index (Phi) is 3.21. The quantitative estimate of drug-likeness (QED) is 0.709. The average molecular weight is 215 g/mol. The van der Waals surface area contributed by atoms with E-state index in [1.54, 1.807) is 18.2 Å². The van der Waals surface area contributed by atoms with Crippen LogP contribution in [0.3, 0.4) is 0 Å². The third-order valence-corrected chi connectivity index (χ3v) is 2.67. The number of amides is 1. The molecule has 0 saturated carbocycles. The number of benzene rings is 1. The van der Waals surface area contributed by atoms with Crippen molar-refractivity contribution in [1.29, 1.82) is 0 Å². The van der Waals surface area contributed by atoms with Crippen molar-refractivity contribution in [3.63, 3.8) is 0 Å². The van der Waals surface area contributed by atoms with Crippen LogP contribution in [0.25, 0.3) is 0 Å². The summed E-state index contributed by atoms with van der Waals surface area (Å²) in [4.78, 5) is 10.3. The molecule has 76 valence electrons. The molecule has 0 saturated heterocycles. The maximum absolute atomic E-state index is 11.3. The van der Waals surface area contributed by atoms with Crippen LogP contribution in [0.15, 0.2) is 35.2 Å². The lowest BCUT2D eigenvalue weighted by molar-refractivity contribution is -0.119. The van der Waals surface area contributed by atoms with Gasteiger partial charge in [-0.3, -0.25) is 8.98 Å². The van der Waals surface area contributed by atoms with Gasteiger partial charge in [-0.15, -0.1) is 0 Å². The van der Waals surface area contributed by atoms with Gasteiger partial charge in [0.05, 0.1) is 4.90 Å². The minimum absolute atomic E-state index is 0.00116. The molecule has 0 radical (unpaired) electrons. The van der Waals surface area contributed by atoms with Crippen LogP contribution in [0.4, 0.5) is 0 Å². The second kappa shape index (κ2) is 4.21. The zero-order valence-electron chi connectivity index (χ0n) is 7.21. The zero-order valence-corrected chi connectivity index (χ0v) is 8.03. The van der Waals surface area contributed by atoms with Gasteiger partial charge in [-0.25, -0.2) is 0 Å². The fraction of sp³-hybridized carbons (Fsp3) is 0.125. The molecule has 14 heavy (non-hydrogen) atoms. The number of carbonyl (C=O) groups is 1. The molecule has 0 heterocycles. The van der Waals surface area contributed by atoms with Gasteiger partial charge in [0, 0.05) is 0 Å². The summed E-state index contributed by atoms with van der Waals surface area (Å²) in [6.45, 7) is -0.642. The van der Waals surface area contributed by atoms with Crippen LogP contribution in [-0.4, -0.2) is 20.9 Å². The van der Waals surface area contributed by atoms with Crippen molar-refractivity contribution in [1.82, 2.24) is 0 Å². The number of hydrogen-bond donors (Lipinski definition) is 1. The second-order valence-corrected chi connectivity index (χ2v) is 4.11. The van der Waals surface area contributed by atoms with Crippen molar-refractivity contribution in [2.24, 2.45) is 5.73 Å². The Morgan fingerprint density at radius 2 is 1.86 bits per heavy atom. The number of carbonyl (C=O) groups excluding carboxylic acids is 1. The predicted molar refractivity (Wildman–Crippen MR) is 48.8 cm³/mol. The summed E-state index contributed by atoms with van der Waals surface area (Å²) in [5, 5.41) is 0. The van der Waals surface area contributed by atoms with E-state index in [4.69, 9.17) is 5.73 Å². The van der Waals surface area contributed by atoms with Gasteiger partial charge in [0.25, 0.3) is 10.1 Å². The molecule has 0 atom stereocenters. The van der Waals surface area contributed by atoms with Crippen molar-refractivity contribution in [3.8, 4) is 0 Å². The molecular weight excluding hydrogens is 206 g/mol. The Hall–Kier alpha value is -1.40. The van der Waals surface area contributed by atoms with E-state index < -0.39 is 22.6 Å². The first-order valence-corrected chi connectivity index (χ1v) is 5.16. The zero-order chi connectivity index (χ0) is 10.6. The van der Waals surface area contributed by atoms with Crippen molar-refractivity contribution in [2.45, 2.75) is 4.90 Å². The molecular formula is C8H9NO4S. The fourth-order valence-corrected chi connectivity index (χ4v) is 1.69. The second-order valence-electron chi connectivity index (χ2n) is 2.50. The topological polar surface area (TPSA) is 86.5 Å². The van der Waals surface area contributed by atoms with Crippen LogP contribution in [0.5, 0.6) is 0 Å². The molecule has 0 aliphatic carbocycles. The maximum atomic E-state index is 11.3. The van der Waals surface area contributed by atoms with Gasteiger partial charge >= 0.3 is 0 Å². The van der Waals surface area contributed by atoms with Gasteiger partial charge in [0.1, 0.15) is 6.61 Å². The summed E-state index contributed by atoms with van der Waals surface area (Å²) in [6, 6.07) is 7.53. The standard InChI is InChI=1S/C8H9NO4S/c9-8(10)6-13-14(11,12)7-4-2-1-3-5-7/h1-5H,6H2,(H2,9,10). The van der Waals surface area contributed by atoms with Crippen molar-refractivity contribution < 1.29 is 17.4 Å². The molecule has 0 bridgehead atoms. The van der Waals surface area contributed by atoms with Gasteiger partial charge < -0.3 is 5.73 Å². The van der Waals surface area contributed by atoms with E-state index >= 15 is 0 Å².